The lowest BCUT2D eigenvalue weighted by atomic mass is 10.0. The van der Waals surface area contributed by atoms with Gasteiger partial charge in [0.1, 0.15) is 5.75 Å². The van der Waals surface area contributed by atoms with Crippen LogP contribution < -0.4 is 4.74 Å². The van der Waals surface area contributed by atoms with Crippen molar-refractivity contribution < 1.29 is 9.53 Å². The standard InChI is InChI=1S/C16H16BrNO2/c1-3-7-20-13-8-12(9-18-10-13)16(19)14-6-4-5-11(2)15(14)17/h4-6,8-10H,3,7H2,1-2H3. The Morgan fingerprint density at radius 1 is 1.35 bits per heavy atom. The molecule has 104 valence electrons. The van der Waals surface area contributed by atoms with E-state index in [4.69, 9.17) is 4.74 Å². The van der Waals surface area contributed by atoms with Crippen molar-refractivity contribution in [3.8, 4) is 5.75 Å². The number of hydrogen-bond donors (Lipinski definition) is 0. The third-order valence-corrected chi connectivity index (χ3v) is 3.94. The third-order valence-electron chi connectivity index (χ3n) is 2.88. The second kappa shape index (κ2) is 6.66. The van der Waals surface area contributed by atoms with Crippen LogP contribution in [0.25, 0.3) is 0 Å². The zero-order chi connectivity index (χ0) is 14.5. The number of benzene rings is 1. The molecular formula is C16H16BrNO2. The Kier molecular flexibility index (Phi) is 4.90. The van der Waals surface area contributed by atoms with Crippen LogP contribution in [0.4, 0.5) is 0 Å². The van der Waals surface area contributed by atoms with Crippen LogP contribution in [0, 0.1) is 6.92 Å². The smallest absolute Gasteiger partial charge is 0.195 e. The predicted octanol–water partition coefficient (Wildman–Crippen LogP) is 4.17. The van der Waals surface area contributed by atoms with Gasteiger partial charge < -0.3 is 4.74 Å². The molecule has 0 fully saturated rings. The van der Waals surface area contributed by atoms with Gasteiger partial charge in [-0.2, -0.15) is 0 Å². The molecule has 1 heterocycles. The first-order valence-corrected chi connectivity index (χ1v) is 7.30. The van der Waals surface area contributed by atoms with E-state index in [1.165, 1.54) is 0 Å². The number of rotatable bonds is 5. The Morgan fingerprint density at radius 2 is 2.15 bits per heavy atom. The summed E-state index contributed by atoms with van der Waals surface area (Å²) in [5, 5.41) is 0. The quantitative estimate of drug-likeness (QED) is 0.771. The molecule has 1 aromatic carbocycles. The van der Waals surface area contributed by atoms with E-state index < -0.39 is 0 Å². The predicted molar refractivity (Wildman–Crippen MR) is 82.3 cm³/mol. The van der Waals surface area contributed by atoms with Gasteiger partial charge in [-0.05, 0) is 47.0 Å². The van der Waals surface area contributed by atoms with E-state index in [0.29, 0.717) is 23.5 Å². The zero-order valence-electron chi connectivity index (χ0n) is 11.5. The highest BCUT2D eigenvalue weighted by molar-refractivity contribution is 9.10. The highest BCUT2D eigenvalue weighted by Crippen LogP contribution is 2.24. The number of halogens is 1. The Balaban J connectivity index is 2.31. The van der Waals surface area contributed by atoms with E-state index in [2.05, 4.69) is 20.9 Å². The van der Waals surface area contributed by atoms with E-state index in [-0.39, 0.29) is 5.78 Å². The van der Waals surface area contributed by atoms with Crippen LogP contribution in [-0.4, -0.2) is 17.4 Å². The average molecular weight is 334 g/mol. The minimum atomic E-state index is -0.0602. The number of aryl methyl sites for hydroxylation is 1. The summed E-state index contributed by atoms with van der Waals surface area (Å²) in [5.41, 5.74) is 2.20. The molecule has 0 amide bonds. The van der Waals surface area contributed by atoms with Crippen molar-refractivity contribution in [2.45, 2.75) is 20.3 Å². The van der Waals surface area contributed by atoms with Gasteiger partial charge in [0.25, 0.3) is 0 Å². The van der Waals surface area contributed by atoms with Gasteiger partial charge in [0.05, 0.1) is 12.8 Å². The van der Waals surface area contributed by atoms with Crippen molar-refractivity contribution in [3.05, 3.63) is 57.8 Å². The monoisotopic (exact) mass is 333 g/mol. The van der Waals surface area contributed by atoms with Crippen molar-refractivity contribution in [2.24, 2.45) is 0 Å². The molecule has 2 rings (SSSR count). The van der Waals surface area contributed by atoms with Crippen LogP contribution in [0.1, 0.15) is 34.8 Å². The fraction of sp³-hybridized carbons (Fsp3) is 0.250. The summed E-state index contributed by atoms with van der Waals surface area (Å²) in [6, 6.07) is 7.37. The molecule has 0 saturated heterocycles. The van der Waals surface area contributed by atoms with Gasteiger partial charge in [0.2, 0.25) is 0 Å². The molecule has 2 aromatic rings. The van der Waals surface area contributed by atoms with E-state index in [1.807, 2.05) is 26.0 Å². The molecule has 0 aliphatic heterocycles. The molecule has 0 N–H and O–H groups in total. The minimum Gasteiger partial charge on any atom is -0.492 e. The molecule has 0 spiro atoms. The highest BCUT2D eigenvalue weighted by atomic mass is 79.9. The maximum absolute atomic E-state index is 12.5. The normalized spacial score (nSPS) is 10.3. The van der Waals surface area contributed by atoms with Gasteiger partial charge in [0.15, 0.2) is 5.78 Å². The van der Waals surface area contributed by atoms with Crippen molar-refractivity contribution in [1.29, 1.82) is 0 Å². The van der Waals surface area contributed by atoms with Crippen LogP contribution >= 0.6 is 15.9 Å². The number of carbonyl (C=O) groups excluding carboxylic acids is 1. The summed E-state index contributed by atoms with van der Waals surface area (Å²) in [6.45, 7) is 4.61. The number of hydrogen-bond acceptors (Lipinski definition) is 3. The number of pyridine rings is 1. The van der Waals surface area contributed by atoms with Gasteiger partial charge in [-0.25, -0.2) is 0 Å². The van der Waals surface area contributed by atoms with Crippen molar-refractivity contribution in [1.82, 2.24) is 4.98 Å². The first-order valence-electron chi connectivity index (χ1n) is 6.51. The summed E-state index contributed by atoms with van der Waals surface area (Å²) >= 11 is 3.47. The van der Waals surface area contributed by atoms with Gasteiger partial charge in [-0.3, -0.25) is 9.78 Å². The first-order chi connectivity index (χ1) is 9.63. The Labute approximate surface area is 127 Å². The number of nitrogens with zero attached hydrogens (tertiary/aromatic N) is 1. The highest BCUT2D eigenvalue weighted by Gasteiger charge is 2.14. The summed E-state index contributed by atoms with van der Waals surface area (Å²) in [4.78, 5) is 16.6. The molecule has 0 atom stereocenters. The van der Waals surface area contributed by atoms with Gasteiger partial charge in [0, 0.05) is 21.8 Å². The van der Waals surface area contributed by atoms with Crippen LogP contribution in [0.3, 0.4) is 0 Å². The van der Waals surface area contributed by atoms with Crippen LogP contribution in [0.5, 0.6) is 5.75 Å². The van der Waals surface area contributed by atoms with E-state index >= 15 is 0 Å². The second-order valence-corrected chi connectivity index (χ2v) is 5.32. The zero-order valence-corrected chi connectivity index (χ0v) is 13.1. The molecule has 0 unspecified atom stereocenters. The van der Waals surface area contributed by atoms with Crippen molar-refractivity contribution in [3.63, 3.8) is 0 Å². The van der Waals surface area contributed by atoms with Crippen molar-refractivity contribution >= 4 is 21.7 Å². The molecule has 3 nitrogen and oxygen atoms in total. The molecule has 0 aliphatic rings. The summed E-state index contributed by atoms with van der Waals surface area (Å²) in [7, 11) is 0. The molecule has 0 bridgehead atoms. The fourth-order valence-corrected chi connectivity index (χ4v) is 2.26. The molecule has 4 heteroatoms. The van der Waals surface area contributed by atoms with Gasteiger partial charge in [-0.15, -0.1) is 0 Å². The maximum atomic E-state index is 12.5. The SMILES string of the molecule is CCCOc1cncc(C(=O)c2cccc(C)c2Br)c1. The number of aromatic nitrogens is 1. The fourth-order valence-electron chi connectivity index (χ4n) is 1.82. The first kappa shape index (κ1) is 14.7. The molecular weight excluding hydrogens is 318 g/mol. The number of ether oxygens (including phenoxy) is 1. The van der Waals surface area contributed by atoms with Gasteiger partial charge >= 0.3 is 0 Å². The Morgan fingerprint density at radius 3 is 2.90 bits per heavy atom. The topological polar surface area (TPSA) is 39.2 Å². The Bertz CT molecular complexity index is 626. The maximum Gasteiger partial charge on any atom is 0.195 e. The molecule has 0 aliphatic carbocycles. The summed E-state index contributed by atoms with van der Waals surface area (Å²) in [5.74, 6) is 0.566. The van der Waals surface area contributed by atoms with Crippen LogP contribution in [0.15, 0.2) is 41.1 Å². The van der Waals surface area contributed by atoms with Crippen LogP contribution in [-0.2, 0) is 0 Å². The Hall–Kier alpha value is -1.68. The largest absolute Gasteiger partial charge is 0.492 e. The summed E-state index contributed by atoms with van der Waals surface area (Å²) in [6.07, 6.45) is 4.11. The lowest BCUT2D eigenvalue weighted by Crippen LogP contribution is -2.05. The minimum absolute atomic E-state index is 0.0602. The van der Waals surface area contributed by atoms with Crippen molar-refractivity contribution in [2.75, 3.05) is 6.61 Å². The number of carbonyl (C=O) groups is 1. The van der Waals surface area contributed by atoms with E-state index in [0.717, 1.165) is 16.5 Å². The lowest BCUT2D eigenvalue weighted by molar-refractivity contribution is 0.103. The lowest BCUT2D eigenvalue weighted by Gasteiger charge is -2.08. The molecule has 0 radical (unpaired) electrons. The average Bonchev–Trinajstić information content (AvgIpc) is 2.47. The van der Waals surface area contributed by atoms with E-state index in [1.54, 1.807) is 24.5 Å². The number of ketones is 1. The third kappa shape index (κ3) is 3.25. The summed E-state index contributed by atoms with van der Waals surface area (Å²) < 4.78 is 6.33. The molecule has 20 heavy (non-hydrogen) atoms. The second-order valence-electron chi connectivity index (χ2n) is 4.52. The molecule has 0 saturated carbocycles. The molecule has 1 aromatic heterocycles. The van der Waals surface area contributed by atoms with E-state index in [9.17, 15) is 4.79 Å². The van der Waals surface area contributed by atoms with Gasteiger partial charge in [-0.1, -0.05) is 19.1 Å². The van der Waals surface area contributed by atoms with Crippen LogP contribution in [0.2, 0.25) is 0 Å².